The fourth-order valence-electron chi connectivity index (χ4n) is 2.49. The molecule has 6 nitrogen and oxygen atoms in total. The molecule has 0 saturated carbocycles. The van der Waals surface area contributed by atoms with Crippen LogP contribution in [0.5, 0.6) is 11.5 Å². The van der Waals surface area contributed by atoms with Crippen LogP contribution in [0, 0.1) is 6.92 Å². The fourth-order valence-corrected chi connectivity index (χ4v) is 2.49. The molecule has 0 unspecified atom stereocenters. The van der Waals surface area contributed by atoms with E-state index in [1.54, 1.807) is 7.11 Å². The van der Waals surface area contributed by atoms with Crippen LogP contribution in [-0.2, 0) is 22.6 Å². The van der Waals surface area contributed by atoms with E-state index in [0.29, 0.717) is 31.1 Å². The van der Waals surface area contributed by atoms with Crippen molar-refractivity contribution in [1.29, 1.82) is 0 Å². The molecule has 0 aromatic heterocycles. The minimum absolute atomic E-state index is 0.0191. The summed E-state index contributed by atoms with van der Waals surface area (Å²) in [5.74, 6) is 0.151. The van der Waals surface area contributed by atoms with Crippen molar-refractivity contribution in [3.8, 4) is 11.5 Å². The van der Waals surface area contributed by atoms with E-state index in [-0.39, 0.29) is 18.7 Å². The highest BCUT2D eigenvalue weighted by Crippen LogP contribution is 2.26. The molecule has 144 valence electrons. The van der Waals surface area contributed by atoms with Gasteiger partial charge in [-0.05, 0) is 30.5 Å². The summed E-state index contributed by atoms with van der Waals surface area (Å²) in [6.07, 6.45) is 0.389. The fraction of sp³-hybridized carbons (Fsp3) is 0.333. The number of amides is 1. The predicted molar refractivity (Wildman–Crippen MR) is 102 cm³/mol. The Hall–Kier alpha value is -3.02. The average molecular weight is 371 g/mol. The van der Waals surface area contributed by atoms with Gasteiger partial charge < -0.3 is 19.9 Å². The molecular formula is C21H25NO5. The van der Waals surface area contributed by atoms with Gasteiger partial charge in [-0.25, -0.2) is 0 Å². The van der Waals surface area contributed by atoms with Gasteiger partial charge in [-0.2, -0.15) is 0 Å². The van der Waals surface area contributed by atoms with Gasteiger partial charge >= 0.3 is 5.97 Å². The number of aryl methyl sites for hydroxylation is 1. The minimum Gasteiger partial charge on any atom is -0.497 e. The number of nitrogens with one attached hydrogen (secondary N) is 1. The quantitative estimate of drug-likeness (QED) is 0.670. The normalized spacial score (nSPS) is 10.3. The van der Waals surface area contributed by atoms with Crippen molar-refractivity contribution in [2.75, 3.05) is 13.7 Å². The number of carbonyl (C=O) groups is 2. The third kappa shape index (κ3) is 7.01. The van der Waals surface area contributed by atoms with Crippen LogP contribution in [0.1, 0.15) is 29.5 Å². The second kappa shape index (κ2) is 10.2. The van der Waals surface area contributed by atoms with Crippen molar-refractivity contribution in [2.45, 2.75) is 32.8 Å². The van der Waals surface area contributed by atoms with Crippen molar-refractivity contribution >= 4 is 11.9 Å². The van der Waals surface area contributed by atoms with Gasteiger partial charge in [0.1, 0.15) is 18.1 Å². The van der Waals surface area contributed by atoms with Gasteiger partial charge in [-0.15, -0.1) is 0 Å². The smallest absolute Gasteiger partial charge is 0.303 e. The van der Waals surface area contributed by atoms with Crippen LogP contribution in [0.25, 0.3) is 0 Å². The van der Waals surface area contributed by atoms with Gasteiger partial charge in [0.05, 0.1) is 13.5 Å². The summed E-state index contributed by atoms with van der Waals surface area (Å²) in [4.78, 5) is 22.1. The van der Waals surface area contributed by atoms with Crippen molar-refractivity contribution in [2.24, 2.45) is 0 Å². The van der Waals surface area contributed by atoms with E-state index in [1.165, 1.54) is 5.56 Å². The lowest BCUT2D eigenvalue weighted by atomic mass is 10.1. The second-order valence-corrected chi connectivity index (χ2v) is 6.24. The van der Waals surface area contributed by atoms with Crippen molar-refractivity contribution in [3.63, 3.8) is 0 Å². The summed E-state index contributed by atoms with van der Waals surface area (Å²) >= 11 is 0. The molecule has 0 atom stereocenters. The third-order valence-corrected chi connectivity index (χ3v) is 4.07. The van der Waals surface area contributed by atoms with Crippen LogP contribution in [-0.4, -0.2) is 30.6 Å². The number of carboxylic acids is 1. The van der Waals surface area contributed by atoms with E-state index in [0.717, 1.165) is 11.1 Å². The Bertz CT molecular complexity index is 771. The summed E-state index contributed by atoms with van der Waals surface area (Å²) in [7, 11) is 1.60. The van der Waals surface area contributed by atoms with Gasteiger partial charge in [-0.1, -0.05) is 35.9 Å². The Morgan fingerprint density at radius 3 is 2.48 bits per heavy atom. The first kappa shape index (κ1) is 20.3. The van der Waals surface area contributed by atoms with Gasteiger partial charge in [0.15, 0.2) is 0 Å². The molecule has 27 heavy (non-hydrogen) atoms. The molecule has 0 spiro atoms. The second-order valence-electron chi connectivity index (χ2n) is 6.24. The molecule has 0 heterocycles. The highest BCUT2D eigenvalue weighted by atomic mass is 16.5. The molecule has 6 heteroatoms. The standard InChI is InChI=1S/C21H25NO5/c1-15-3-5-16(6-4-15)14-27-19-13-18(26-2)8-7-17(19)11-12-22-20(23)9-10-21(24)25/h3-8,13H,9-12,14H2,1-2H3,(H,22,23)(H,24,25). The van der Waals surface area contributed by atoms with Crippen LogP contribution < -0.4 is 14.8 Å². The number of methoxy groups -OCH3 is 1. The molecule has 2 aromatic rings. The number of benzene rings is 2. The number of hydrogen-bond donors (Lipinski definition) is 2. The topological polar surface area (TPSA) is 84.9 Å². The first-order valence-electron chi connectivity index (χ1n) is 8.81. The molecule has 0 saturated heterocycles. The Balaban J connectivity index is 1.95. The maximum absolute atomic E-state index is 11.6. The zero-order valence-electron chi connectivity index (χ0n) is 15.7. The Labute approximate surface area is 159 Å². The lowest BCUT2D eigenvalue weighted by Gasteiger charge is -2.14. The maximum atomic E-state index is 11.6. The third-order valence-electron chi connectivity index (χ3n) is 4.07. The van der Waals surface area contributed by atoms with Crippen molar-refractivity contribution < 1.29 is 24.2 Å². The van der Waals surface area contributed by atoms with Crippen molar-refractivity contribution in [1.82, 2.24) is 5.32 Å². The average Bonchev–Trinajstić information content (AvgIpc) is 2.66. The molecule has 0 fully saturated rings. The summed E-state index contributed by atoms with van der Waals surface area (Å²) in [6, 6.07) is 13.7. The predicted octanol–water partition coefficient (Wildman–Crippen LogP) is 3.11. The van der Waals surface area contributed by atoms with E-state index in [2.05, 4.69) is 5.32 Å². The number of carbonyl (C=O) groups excluding carboxylic acids is 1. The lowest BCUT2D eigenvalue weighted by Crippen LogP contribution is -2.26. The number of rotatable bonds is 10. The number of hydrogen-bond acceptors (Lipinski definition) is 4. The summed E-state index contributed by atoms with van der Waals surface area (Å²) in [5.41, 5.74) is 3.21. The van der Waals surface area contributed by atoms with Crippen LogP contribution in [0.15, 0.2) is 42.5 Å². The van der Waals surface area contributed by atoms with Gasteiger partial charge in [0.25, 0.3) is 0 Å². The van der Waals surface area contributed by atoms with Crippen LogP contribution in [0.3, 0.4) is 0 Å². The molecule has 2 aromatic carbocycles. The van der Waals surface area contributed by atoms with E-state index in [4.69, 9.17) is 14.6 Å². The summed E-state index contributed by atoms with van der Waals surface area (Å²) < 4.78 is 11.2. The molecule has 0 aliphatic carbocycles. The number of carboxylic acid groups (broad SMARTS) is 1. The lowest BCUT2D eigenvalue weighted by molar-refractivity contribution is -0.138. The largest absolute Gasteiger partial charge is 0.497 e. The van der Waals surface area contributed by atoms with Gasteiger partial charge in [0.2, 0.25) is 5.91 Å². The Morgan fingerprint density at radius 1 is 1.07 bits per heavy atom. The zero-order valence-corrected chi connectivity index (χ0v) is 15.7. The summed E-state index contributed by atoms with van der Waals surface area (Å²) in [5, 5.41) is 11.3. The van der Waals surface area contributed by atoms with Crippen molar-refractivity contribution in [3.05, 3.63) is 59.2 Å². The first-order chi connectivity index (χ1) is 13.0. The highest BCUT2D eigenvalue weighted by molar-refractivity contribution is 5.80. The number of aliphatic carboxylic acids is 1. The molecule has 2 N–H and O–H groups in total. The van der Waals surface area contributed by atoms with Crippen LogP contribution in [0.2, 0.25) is 0 Å². The minimum atomic E-state index is -0.980. The first-order valence-corrected chi connectivity index (χ1v) is 8.81. The van der Waals surface area contributed by atoms with E-state index in [9.17, 15) is 9.59 Å². The molecule has 2 rings (SSSR count). The zero-order chi connectivity index (χ0) is 19.6. The Morgan fingerprint density at radius 2 is 1.81 bits per heavy atom. The van der Waals surface area contributed by atoms with Gasteiger partial charge in [0, 0.05) is 19.0 Å². The summed E-state index contributed by atoms with van der Waals surface area (Å²) in [6.45, 7) is 2.88. The molecule has 0 radical (unpaired) electrons. The molecule has 0 bridgehead atoms. The van der Waals surface area contributed by atoms with E-state index < -0.39 is 5.97 Å². The SMILES string of the molecule is COc1ccc(CCNC(=O)CCC(=O)O)c(OCc2ccc(C)cc2)c1. The van der Waals surface area contributed by atoms with Crippen LogP contribution in [0.4, 0.5) is 0 Å². The van der Waals surface area contributed by atoms with E-state index >= 15 is 0 Å². The molecule has 1 amide bonds. The van der Waals surface area contributed by atoms with Gasteiger partial charge in [-0.3, -0.25) is 9.59 Å². The molecule has 0 aliphatic heterocycles. The molecular weight excluding hydrogens is 346 g/mol. The monoisotopic (exact) mass is 371 g/mol. The Kier molecular flexibility index (Phi) is 7.67. The molecule has 0 aliphatic rings. The van der Waals surface area contributed by atoms with Crippen LogP contribution >= 0.6 is 0 Å². The maximum Gasteiger partial charge on any atom is 0.303 e. The number of ether oxygens (including phenoxy) is 2. The van der Waals surface area contributed by atoms with E-state index in [1.807, 2.05) is 49.4 Å². The highest BCUT2D eigenvalue weighted by Gasteiger charge is 2.09.